The van der Waals surface area contributed by atoms with Crippen LogP contribution >= 0.6 is 0 Å². The van der Waals surface area contributed by atoms with Crippen molar-refractivity contribution in [1.82, 2.24) is 0 Å². The van der Waals surface area contributed by atoms with Crippen molar-refractivity contribution >= 4 is 0 Å². The maximum Gasteiger partial charge on any atom is 0.0561 e. The summed E-state index contributed by atoms with van der Waals surface area (Å²) in [4.78, 5) is 0. The zero-order valence-electron chi connectivity index (χ0n) is 8.16. The molecule has 2 unspecified atom stereocenters. The largest absolute Gasteiger partial charge is 0.323 e. The van der Waals surface area contributed by atoms with Crippen LogP contribution in [0.25, 0.3) is 0 Å². The zero-order valence-corrected chi connectivity index (χ0v) is 8.16. The Morgan fingerprint density at radius 1 is 1.54 bits per heavy atom. The van der Waals surface area contributed by atoms with E-state index < -0.39 is 0 Å². The summed E-state index contributed by atoms with van der Waals surface area (Å²) in [5, 5.41) is 0. The Kier molecular flexibility index (Phi) is 2.05. The van der Waals surface area contributed by atoms with Crippen molar-refractivity contribution in [3.63, 3.8) is 0 Å². The van der Waals surface area contributed by atoms with Crippen LogP contribution in [0.3, 0.4) is 0 Å². The Morgan fingerprint density at radius 3 is 2.77 bits per heavy atom. The maximum atomic E-state index is 6.34. The minimum absolute atomic E-state index is 0.00176. The Labute approximate surface area is 79.7 Å². The van der Waals surface area contributed by atoms with E-state index in [-0.39, 0.29) is 11.6 Å². The van der Waals surface area contributed by atoms with Gasteiger partial charge in [0.25, 0.3) is 0 Å². The van der Waals surface area contributed by atoms with Crippen LogP contribution in [0, 0.1) is 5.92 Å². The zero-order chi connectivity index (χ0) is 9.47. The molecule has 72 valence electrons. The molecule has 4 N–H and O–H groups in total. The van der Waals surface area contributed by atoms with Gasteiger partial charge in [-0.2, -0.15) is 0 Å². The Hall–Kier alpha value is -0.600. The lowest BCUT2D eigenvalue weighted by Crippen LogP contribution is -2.56. The molecule has 0 aromatic carbocycles. The SMILES string of the molecule is CC1=CC=CC(N)C1(N)CC1CC1. The number of nitrogens with two attached hydrogens (primary N) is 2. The van der Waals surface area contributed by atoms with E-state index >= 15 is 0 Å². The molecule has 2 atom stereocenters. The highest BCUT2D eigenvalue weighted by molar-refractivity contribution is 5.33. The second kappa shape index (κ2) is 2.96. The van der Waals surface area contributed by atoms with E-state index in [1.807, 2.05) is 12.2 Å². The molecule has 0 spiro atoms. The molecular weight excluding hydrogens is 160 g/mol. The topological polar surface area (TPSA) is 52.0 Å². The average molecular weight is 178 g/mol. The average Bonchev–Trinajstić information content (AvgIpc) is 2.85. The van der Waals surface area contributed by atoms with Gasteiger partial charge in [-0.3, -0.25) is 0 Å². The highest BCUT2D eigenvalue weighted by atomic mass is 14.9. The van der Waals surface area contributed by atoms with E-state index in [1.54, 1.807) is 0 Å². The third-order valence-electron chi connectivity index (χ3n) is 3.32. The fourth-order valence-electron chi connectivity index (χ4n) is 2.01. The van der Waals surface area contributed by atoms with E-state index in [2.05, 4.69) is 13.0 Å². The first-order chi connectivity index (χ1) is 6.13. The molecule has 0 bridgehead atoms. The third kappa shape index (κ3) is 1.56. The van der Waals surface area contributed by atoms with Crippen LogP contribution in [0.2, 0.25) is 0 Å². The fraction of sp³-hybridized carbons (Fsp3) is 0.636. The van der Waals surface area contributed by atoms with Gasteiger partial charge in [0.2, 0.25) is 0 Å². The van der Waals surface area contributed by atoms with Gasteiger partial charge in [0.15, 0.2) is 0 Å². The molecule has 0 aromatic heterocycles. The quantitative estimate of drug-likeness (QED) is 0.670. The molecule has 1 fully saturated rings. The van der Waals surface area contributed by atoms with Crippen molar-refractivity contribution in [2.24, 2.45) is 17.4 Å². The molecule has 0 aromatic rings. The van der Waals surface area contributed by atoms with E-state index in [0.29, 0.717) is 0 Å². The molecule has 2 aliphatic rings. The van der Waals surface area contributed by atoms with Crippen molar-refractivity contribution in [1.29, 1.82) is 0 Å². The maximum absolute atomic E-state index is 6.34. The molecule has 0 heterocycles. The smallest absolute Gasteiger partial charge is 0.0561 e. The Bertz CT molecular complexity index is 263. The van der Waals surface area contributed by atoms with Crippen molar-refractivity contribution in [2.45, 2.75) is 37.8 Å². The molecule has 0 saturated heterocycles. The van der Waals surface area contributed by atoms with E-state index in [4.69, 9.17) is 11.5 Å². The molecule has 1 saturated carbocycles. The van der Waals surface area contributed by atoms with Crippen LogP contribution in [0.5, 0.6) is 0 Å². The highest BCUT2D eigenvalue weighted by Crippen LogP contribution is 2.40. The molecular formula is C11H18N2. The number of allylic oxidation sites excluding steroid dienone is 2. The van der Waals surface area contributed by atoms with Gasteiger partial charge in [-0.1, -0.05) is 36.6 Å². The lowest BCUT2D eigenvalue weighted by molar-refractivity contribution is 0.390. The second-order valence-electron chi connectivity index (χ2n) is 4.45. The van der Waals surface area contributed by atoms with E-state index in [0.717, 1.165) is 12.3 Å². The van der Waals surface area contributed by atoms with Gasteiger partial charge in [-0.05, 0) is 19.3 Å². The number of hydrogen-bond donors (Lipinski definition) is 2. The second-order valence-corrected chi connectivity index (χ2v) is 4.45. The molecule has 0 radical (unpaired) electrons. The summed E-state index contributed by atoms with van der Waals surface area (Å²) in [6.45, 7) is 2.09. The standard InChI is InChI=1S/C11H18N2/c1-8-3-2-4-10(12)11(8,13)7-9-5-6-9/h2-4,9-10H,5-7,12-13H2,1H3. The van der Waals surface area contributed by atoms with E-state index in [1.165, 1.54) is 18.4 Å². The first-order valence-corrected chi connectivity index (χ1v) is 5.03. The lowest BCUT2D eigenvalue weighted by atomic mass is 9.77. The summed E-state index contributed by atoms with van der Waals surface area (Å²) in [6.07, 6.45) is 9.84. The Morgan fingerprint density at radius 2 is 2.23 bits per heavy atom. The normalized spacial score (nSPS) is 39.0. The predicted molar refractivity (Wildman–Crippen MR) is 55.1 cm³/mol. The van der Waals surface area contributed by atoms with Crippen molar-refractivity contribution in [3.8, 4) is 0 Å². The predicted octanol–water partition coefficient (Wildman–Crippen LogP) is 1.33. The van der Waals surface area contributed by atoms with Crippen LogP contribution < -0.4 is 11.5 Å². The molecule has 2 rings (SSSR count). The monoisotopic (exact) mass is 178 g/mol. The highest BCUT2D eigenvalue weighted by Gasteiger charge is 2.39. The molecule has 0 amide bonds. The van der Waals surface area contributed by atoms with Crippen molar-refractivity contribution in [2.75, 3.05) is 0 Å². The minimum Gasteiger partial charge on any atom is -0.323 e. The van der Waals surface area contributed by atoms with Crippen LogP contribution in [0.4, 0.5) is 0 Å². The van der Waals surface area contributed by atoms with E-state index in [9.17, 15) is 0 Å². The van der Waals surface area contributed by atoms with Crippen molar-refractivity contribution < 1.29 is 0 Å². The summed E-state index contributed by atoms with van der Waals surface area (Å²) in [5.74, 6) is 0.825. The first kappa shape index (κ1) is 8.97. The fourth-order valence-corrected chi connectivity index (χ4v) is 2.01. The summed E-state index contributed by atoms with van der Waals surface area (Å²) < 4.78 is 0. The number of hydrogen-bond acceptors (Lipinski definition) is 2. The molecule has 13 heavy (non-hydrogen) atoms. The summed E-state index contributed by atoms with van der Waals surface area (Å²) in [6, 6.07) is -0.00176. The van der Waals surface area contributed by atoms with Gasteiger partial charge < -0.3 is 11.5 Å². The molecule has 2 aliphatic carbocycles. The van der Waals surface area contributed by atoms with Gasteiger partial charge in [0.05, 0.1) is 5.54 Å². The summed E-state index contributed by atoms with van der Waals surface area (Å²) in [5.41, 5.74) is 13.3. The van der Waals surface area contributed by atoms with Gasteiger partial charge in [-0.15, -0.1) is 0 Å². The van der Waals surface area contributed by atoms with Gasteiger partial charge in [-0.25, -0.2) is 0 Å². The first-order valence-electron chi connectivity index (χ1n) is 5.03. The van der Waals surface area contributed by atoms with Gasteiger partial charge in [0.1, 0.15) is 0 Å². The molecule has 0 aliphatic heterocycles. The van der Waals surface area contributed by atoms with Crippen molar-refractivity contribution in [3.05, 3.63) is 23.8 Å². The number of rotatable bonds is 2. The summed E-state index contributed by atoms with van der Waals surface area (Å²) >= 11 is 0. The van der Waals surface area contributed by atoms with Crippen LogP contribution in [-0.4, -0.2) is 11.6 Å². The van der Waals surface area contributed by atoms with Crippen LogP contribution in [0.15, 0.2) is 23.8 Å². The third-order valence-corrected chi connectivity index (χ3v) is 3.32. The van der Waals surface area contributed by atoms with Crippen LogP contribution in [-0.2, 0) is 0 Å². The van der Waals surface area contributed by atoms with Crippen LogP contribution in [0.1, 0.15) is 26.2 Å². The lowest BCUT2D eigenvalue weighted by Gasteiger charge is -2.37. The summed E-state index contributed by atoms with van der Waals surface area (Å²) in [7, 11) is 0. The molecule has 2 nitrogen and oxygen atoms in total. The minimum atomic E-state index is -0.268. The molecule has 2 heteroatoms. The van der Waals surface area contributed by atoms with Gasteiger partial charge >= 0.3 is 0 Å². The van der Waals surface area contributed by atoms with Gasteiger partial charge in [0, 0.05) is 6.04 Å². The Balaban J connectivity index is 2.16.